The molecule has 0 spiro atoms. The minimum Gasteiger partial charge on any atom is -0.351 e. The molecular weight excluding hydrogens is 388 g/mol. The van der Waals surface area contributed by atoms with Crippen LogP contribution in [0.1, 0.15) is 29.5 Å². The molecule has 4 unspecified atom stereocenters. The molecule has 2 aromatic carbocycles. The molecule has 1 amide bonds. The summed E-state index contributed by atoms with van der Waals surface area (Å²) in [6.07, 6.45) is 1.06. The van der Waals surface area contributed by atoms with Gasteiger partial charge in [0.05, 0.1) is 0 Å². The maximum absolute atomic E-state index is 12.7. The zero-order valence-corrected chi connectivity index (χ0v) is 15.7. The standard InChI is InChI=1S/C19H19BrN2O.ClH/c1-19(21,12-6-8-13(20)9-7-12)18(23)22-17-15-10-11-4-2-3-5-14(11)16(15)17;/h2-9,15-17H,10,21H2,1H3,(H,22,23);1H. The van der Waals surface area contributed by atoms with Crippen molar-refractivity contribution in [1.82, 2.24) is 5.32 Å². The zero-order chi connectivity index (χ0) is 16.2. The molecule has 4 rings (SSSR count). The normalized spacial score (nSPS) is 25.7. The summed E-state index contributed by atoms with van der Waals surface area (Å²) in [4.78, 5) is 12.7. The molecule has 3 nitrogen and oxygen atoms in total. The number of hydrogen-bond acceptors (Lipinski definition) is 2. The molecule has 4 atom stereocenters. The van der Waals surface area contributed by atoms with E-state index in [4.69, 9.17) is 5.73 Å². The molecule has 2 aliphatic carbocycles. The van der Waals surface area contributed by atoms with E-state index >= 15 is 0 Å². The number of nitrogens with one attached hydrogen (secondary N) is 1. The minimum absolute atomic E-state index is 0. The highest BCUT2D eigenvalue weighted by Gasteiger charge is 2.56. The Morgan fingerprint density at radius 3 is 2.58 bits per heavy atom. The number of carbonyl (C=O) groups excluding carboxylic acids is 1. The first-order valence-corrected chi connectivity index (χ1v) is 8.71. The van der Waals surface area contributed by atoms with Gasteiger partial charge in [0.1, 0.15) is 5.54 Å². The maximum Gasteiger partial charge on any atom is 0.244 e. The van der Waals surface area contributed by atoms with Crippen LogP contribution in [0.5, 0.6) is 0 Å². The van der Waals surface area contributed by atoms with Crippen molar-refractivity contribution in [3.05, 3.63) is 69.7 Å². The Labute approximate surface area is 156 Å². The van der Waals surface area contributed by atoms with Gasteiger partial charge in [-0.3, -0.25) is 4.79 Å². The van der Waals surface area contributed by atoms with Crippen molar-refractivity contribution in [2.45, 2.75) is 30.8 Å². The second kappa shape index (κ2) is 6.17. The summed E-state index contributed by atoms with van der Waals surface area (Å²) < 4.78 is 0.978. The van der Waals surface area contributed by atoms with E-state index in [1.807, 2.05) is 24.3 Å². The van der Waals surface area contributed by atoms with E-state index < -0.39 is 5.54 Å². The van der Waals surface area contributed by atoms with Gasteiger partial charge < -0.3 is 11.1 Å². The zero-order valence-electron chi connectivity index (χ0n) is 13.3. The Morgan fingerprint density at radius 2 is 1.88 bits per heavy atom. The summed E-state index contributed by atoms with van der Waals surface area (Å²) >= 11 is 3.41. The van der Waals surface area contributed by atoms with Crippen LogP contribution in [0.15, 0.2) is 53.0 Å². The lowest BCUT2D eigenvalue weighted by molar-refractivity contribution is -0.126. The molecule has 1 saturated carbocycles. The highest BCUT2D eigenvalue weighted by Crippen LogP contribution is 2.56. The molecule has 126 valence electrons. The van der Waals surface area contributed by atoms with Crippen LogP contribution in [-0.4, -0.2) is 11.9 Å². The van der Waals surface area contributed by atoms with Crippen LogP contribution in [0.25, 0.3) is 0 Å². The summed E-state index contributed by atoms with van der Waals surface area (Å²) in [7, 11) is 0. The van der Waals surface area contributed by atoms with Gasteiger partial charge in [-0.15, -0.1) is 12.4 Å². The van der Waals surface area contributed by atoms with Gasteiger partial charge in [-0.05, 0) is 48.1 Å². The number of nitrogens with two attached hydrogens (primary N) is 1. The molecule has 2 aliphatic rings. The number of carbonyl (C=O) groups is 1. The fraction of sp³-hybridized carbons (Fsp3) is 0.316. The van der Waals surface area contributed by atoms with Crippen LogP contribution in [0.2, 0.25) is 0 Å². The number of amides is 1. The largest absolute Gasteiger partial charge is 0.351 e. The first kappa shape index (κ1) is 17.5. The van der Waals surface area contributed by atoms with Crippen molar-refractivity contribution in [2.75, 3.05) is 0 Å². The van der Waals surface area contributed by atoms with Gasteiger partial charge in [-0.1, -0.05) is 52.3 Å². The fourth-order valence-electron chi connectivity index (χ4n) is 3.78. The Kier molecular flexibility index (Phi) is 4.49. The predicted molar refractivity (Wildman–Crippen MR) is 101 cm³/mol. The number of benzene rings is 2. The topological polar surface area (TPSA) is 55.1 Å². The third-order valence-electron chi connectivity index (χ3n) is 5.25. The molecule has 24 heavy (non-hydrogen) atoms. The lowest BCUT2D eigenvalue weighted by Gasteiger charge is -2.25. The molecule has 0 radical (unpaired) electrons. The maximum atomic E-state index is 12.7. The van der Waals surface area contributed by atoms with Crippen molar-refractivity contribution in [1.29, 1.82) is 0 Å². The number of hydrogen-bond donors (Lipinski definition) is 2. The minimum atomic E-state index is -1.02. The lowest BCUT2D eigenvalue weighted by Crippen LogP contribution is -2.50. The van der Waals surface area contributed by atoms with Crippen molar-refractivity contribution in [2.24, 2.45) is 11.7 Å². The van der Waals surface area contributed by atoms with Gasteiger partial charge >= 0.3 is 0 Å². The number of fused-ring (bicyclic) bond motifs is 3. The van der Waals surface area contributed by atoms with E-state index in [2.05, 4.69) is 45.5 Å². The first-order valence-electron chi connectivity index (χ1n) is 7.92. The summed E-state index contributed by atoms with van der Waals surface area (Å²) in [5.41, 5.74) is 8.95. The van der Waals surface area contributed by atoms with Crippen molar-refractivity contribution in [3.63, 3.8) is 0 Å². The van der Waals surface area contributed by atoms with Gasteiger partial charge in [-0.2, -0.15) is 0 Å². The van der Waals surface area contributed by atoms with Crippen LogP contribution in [-0.2, 0) is 16.8 Å². The number of halogens is 2. The van der Waals surface area contributed by atoms with Gasteiger partial charge in [0, 0.05) is 16.4 Å². The molecule has 0 bridgehead atoms. The fourth-order valence-corrected chi connectivity index (χ4v) is 4.04. The molecule has 0 saturated heterocycles. The Hall–Kier alpha value is -1.36. The van der Waals surface area contributed by atoms with Gasteiger partial charge in [-0.25, -0.2) is 0 Å². The van der Waals surface area contributed by atoms with E-state index in [1.165, 1.54) is 11.1 Å². The third kappa shape index (κ3) is 2.77. The van der Waals surface area contributed by atoms with Crippen molar-refractivity contribution >= 4 is 34.2 Å². The molecule has 5 heteroatoms. The van der Waals surface area contributed by atoms with Gasteiger partial charge in [0.2, 0.25) is 5.91 Å². The smallest absolute Gasteiger partial charge is 0.244 e. The van der Waals surface area contributed by atoms with Crippen LogP contribution < -0.4 is 11.1 Å². The molecule has 2 aromatic rings. The van der Waals surface area contributed by atoms with Crippen LogP contribution in [0.4, 0.5) is 0 Å². The van der Waals surface area contributed by atoms with E-state index in [-0.39, 0.29) is 24.4 Å². The Bertz CT molecular complexity index is 775. The second-order valence-corrected chi connectivity index (χ2v) is 7.72. The summed E-state index contributed by atoms with van der Waals surface area (Å²) in [5.74, 6) is 0.907. The SMILES string of the molecule is CC(N)(C(=O)NC1C2Cc3ccccc3C21)c1ccc(Br)cc1.Cl. The molecule has 1 fully saturated rings. The highest BCUT2D eigenvalue weighted by molar-refractivity contribution is 9.10. The average Bonchev–Trinajstić information content (AvgIpc) is 3.05. The highest BCUT2D eigenvalue weighted by atomic mass is 79.9. The van der Waals surface area contributed by atoms with Crippen molar-refractivity contribution < 1.29 is 4.79 Å². The van der Waals surface area contributed by atoms with E-state index in [0.29, 0.717) is 11.8 Å². The van der Waals surface area contributed by atoms with Crippen molar-refractivity contribution in [3.8, 4) is 0 Å². The quantitative estimate of drug-likeness (QED) is 0.818. The van der Waals surface area contributed by atoms with Crippen LogP contribution in [0.3, 0.4) is 0 Å². The van der Waals surface area contributed by atoms with Crippen LogP contribution >= 0.6 is 28.3 Å². The van der Waals surface area contributed by atoms with Crippen LogP contribution in [0, 0.1) is 5.92 Å². The Morgan fingerprint density at radius 1 is 1.21 bits per heavy atom. The van der Waals surface area contributed by atoms with Gasteiger partial charge in [0.15, 0.2) is 0 Å². The molecule has 3 N–H and O–H groups in total. The second-order valence-electron chi connectivity index (χ2n) is 6.80. The third-order valence-corrected chi connectivity index (χ3v) is 5.78. The van der Waals surface area contributed by atoms with E-state index in [9.17, 15) is 4.79 Å². The van der Waals surface area contributed by atoms with E-state index in [0.717, 1.165) is 16.5 Å². The summed E-state index contributed by atoms with van der Waals surface area (Å²) in [5, 5.41) is 3.17. The van der Waals surface area contributed by atoms with E-state index in [1.54, 1.807) is 6.92 Å². The first-order chi connectivity index (χ1) is 11.0. The molecular formula is C19H20BrClN2O. The monoisotopic (exact) mass is 406 g/mol. The Balaban J connectivity index is 0.00000169. The predicted octanol–water partition coefficient (Wildman–Crippen LogP) is 3.50. The lowest BCUT2D eigenvalue weighted by atomic mass is 9.92. The average molecular weight is 408 g/mol. The van der Waals surface area contributed by atoms with Gasteiger partial charge in [0.25, 0.3) is 0 Å². The molecule has 0 heterocycles. The molecule has 0 aliphatic heterocycles. The number of rotatable bonds is 3. The molecule has 0 aromatic heterocycles. The summed E-state index contributed by atoms with van der Waals surface area (Å²) in [6.45, 7) is 1.78. The summed E-state index contributed by atoms with van der Waals surface area (Å²) in [6, 6.07) is 16.4.